The molecule has 0 aromatic heterocycles. The van der Waals surface area contributed by atoms with Crippen molar-refractivity contribution in [1.29, 1.82) is 0 Å². The van der Waals surface area contributed by atoms with Gasteiger partial charge in [-0.25, -0.2) is 0 Å². The number of aromatic hydroxyl groups is 1. The highest BCUT2D eigenvalue weighted by Gasteiger charge is 2.03. The molecule has 0 unspecified atom stereocenters. The van der Waals surface area contributed by atoms with Gasteiger partial charge in [0.2, 0.25) is 5.78 Å². The summed E-state index contributed by atoms with van der Waals surface area (Å²) in [6.07, 6.45) is 0. The lowest BCUT2D eigenvalue weighted by atomic mass is 10.1. The second-order valence-corrected chi connectivity index (χ2v) is 4.34. The van der Waals surface area contributed by atoms with Gasteiger partial charge in [-0.1, -0.05) is 29.7 Å². The number of phenolic OH excluding ortho intramolecular Hbond substituents is 1. The van der Waals surface area contributed by atoms with Crippen LogP contribution in [0.3, 0.4) is 0 Å². The van der Waals surface area contributed by atoms with Crippen LogP contribution in [-0.2, 0) is 0 Å². The molecule has 0 saturated carbocycles. The SMILES string of the molecule is COc1cc(C#CC(=O)c2cccc(C)c2)ccc1O. The topological polar surface area (TPSA) is 46.5 Å². The summed E-state index contributed by atoms with van der Waals surface area (Å²) in [5, 5.41) is 9.48. The molecule has 1 N–H and O–H groups in total. The van der Waals surface area contributed by atoms with Gasteiger partial charge in [0, 0.05) is 11.1 Å². The molecule has 2 rings (SSSR count). The van der Waals surface area contributed by atoms with Gasteiger partial charge in [0.25, 0.3) is 0 Å². The minimum Gasteiger partial charge on any atom is -0.504 e. The lowest BCUT2D eigenvalue weighted by molar-refractivity contribution is 0.105. The molecule has 100 valence electrons. The predicted octanol–water partition coefficient (Wildman–Crippen LogP) is 2.94. The molecule has 0 saturated heterocycles. The van der Waals surface area contributed by atoms with Gasteiger partial charge in [-0.05, 0) is 37.1 Å². The van der Waals surface area contributed by atoms with Crippen LogP contribution < -0.4 is 4.74 Å². The molecule has 0 bridgehead atoms. The van der Waals surface area contributed by atoms with E-state index in [1.807, 2.05) is 19.1 Å². The van der Waals surface area contributed by atoms with Gasteiger partial charge >= 0.3 is 0 Å². The third kappa shape index (κ3) is 3.18. The molecule has 2 aromatic rings. The van der Waals surface area contributed by atoms with E-state index in [1.54, 1.807) is 24.3 Å². The number of rotatable bonds is 2. The number of Topliss-reactive ketones (excluding diaryl/α,β-unsaturated/α-hetero) is 1. The number of hydrogen-bond donors (Lipinski definition) is 1. The van der Waals surface area contributed by atoms with E-state index in [0.29, 0.717) is 16.9 Å². The molecule has 0 amide bonds. The van der Waals surface area contributed by atoms with Crippen molar-refractivity contribution in [2.75, 3.05) is 7.11 Å². The molecule has 3 nitrogen and oxygen atoms in total. The maximum atomic E-state index is 11.9. The quantitative estimate of drug-likeness (QED) is 0.671. The molecule has 2 aromatic carbocycles. The zero-order valence-electron chi connectivity index (χ0n) is 11.3. The summed E-state index contributed by atoms with van der Waals surface area (Å²) < 4.78 is 4.99. The number of methoxy groups -OCH3 is 1. The number of benzene rings is 2. The van der Waals surface area contributed by atoms with Crippen LogP contribution in [0.1, 0.15) is 21.5 Å². The smallest absolute Gasteiger partial charge is 0.236 e. The van der Waals surface area contributed by atoms with Crippen molar-refractivity contribution in [2.24, 2.45) is 0 Å². The monoisotopic (exact) mass is 266 g/mol. The molecule has 0 atom stereocenters. The highest BCUT2D eigenvalue weighted by Crippen LogP contribution is 2.25. The van der Waals surface area contributed by atoms with Crippen LogP contribution in [0.2, 0.25) is 0 Å². The summed E-state index contributed by atoms with van der Waals surface area (Å²) in [5.74, 6) is 5.50. The van der Waals surface area contributed by atoms with Crippen LogP contribution in [-0.4, -0.2) is 18.0 Å². The van der Waals surface area contributed by atoms with Gasteiger partial charge in [0.1, 0.15) is 0 Å². The molecule has 0 aliphatic carbocycles. The zero-order chi connectivity index (χ0) is 14.5. The summed E-state index contributed by atoms with van der Waals surface area (Å²) in [4.78, 5) is 11.9. The summed E-state index contributed by atoms with van der Waals surface area (Å²) >= 11 is 0. The molecule has 20 heavy (non-hydrogen) atoms. The first kappa shape index (κ1) is 13.7. The molecule has 0 heterocycles. The Bertz CT molecular complexity index is 706. The Morgan fingerprint density at radius 3 is 2.70 bits per heavy atom. The van der Waals surface area contributed by atoms with E-state index in [-0.39, 0.29) is 11.5 Å². The van der Waals surface area contributed by atoms with E-state index in [0.717, 1.165) is 5.56 Å². The zero-order valence-corrected chi connectivity index (χ0v) is 11.3. The number of carbonyl (C=O) groups is 1. The van der Waals surface area contributed by atoms with Crippen molar-refractivity contribution in [2.45, 2.75) is 6.92 Å². The van der Waals surface area contributed by atoms with Crippen molar-refractivity contribution >= 4 is 5.78 Å². The standard InChI is InChI=1S/C17H14O3/c1-12-4-3-5-14(10-12)15(18)8-6-13-7-9-16(19)17(11-13)20-2/h3-5,7,9-11,19H,1-2H3. The third-order valence-electron chi connectivity index (χ3n) is 2.78. The van der Waals surface area contributed by atoms with Crippen molar-refractivity contribution < 1.29 is 14.6 Å². The number of ether oxygens (including phenoxy) is 1. The van der Waals surface area contributed by atoms with Crippen LogP contribution >= 0.6 is 0 Å². The molecule has 3 heteroatoms. The van der Waals surface area contributed by atoms with Gasteiger partial charge in [-0.2, -0.15) is 0 Å². The Morgan fingerprint density at radius 1 is 1.20 bits per heavy atom. The van der Waals surface area contributed by atoms with Crippen molar-refractivity contribution in [3.63, 3.8) is 0 Å². The first-order chi connectivity index (χ1) is 9.60. The Kier molecular flexibility index (Phi) is 4.07. The number of phenols is 1. The second kappa shape index (κ2) is 5.94. The van der Waals surface area contributed by atoms with E-state index in [4.69, 9.17) is 4.74 Å². The van der Waals surface area contributed by atoms with Crippen LogP contribution in [0.25, 0.3) is 0 Å². The Balaban J connectivity index is 2.24. The maximum absolute atomic E-state index is 11.9. The summed E-state index contributed by atoms with van der Waals surface area (Å²) in [6.45, 7) is 1.93. The Hall–Kier alpha value is -2.73. The van der Waals surface area contributed by atoms with Gasteiger partial charge in [0.05, 0.1) is 7.11 Å². The van der Waals surface area contributed by atoms with E-state index in [2.05, 4.69) is 11.8 Å². The lowest BCUT2D eigenvalue weighted by Crippen LogP contribution is -1.95. The largest absolute Gasteiger partial charge is 0.504 e. The summed E-state index contributed by atoms with van der Waals surface area (Å²) in [5.41, 5.74) is 2.20. The van der Waals surface area contributed by atoms with Crippen molar-refractivity contribution in [1.82, 2.24) is 0 Å². The van der Waals surface area contributed by atoms with Gasteiger partial charge < -0.3 is 9.84 Å². The average Bonchev–Trinajstić information content (AvgIpc) is 2.46. The van der Waals surface area contributed by atoms with Crippen LogP contribution in [0.15, 0.2) is 42.5 Å². The van der Waals surface area contributed by atoms with E-state index in [1.165, 1.54) is 13.2 Å². The van der Waals surface area contributed by atoms with Gasteiger partial charge in [-0.15, -0.1) is 0 Å². The number of ketones is 1. The van der Waals surface area contributed by atoms with Crippen LogP contribution in [0, 0.1) is 18.8 Å². The maximum Gasteiger partial charge on any atom is 0.236 e. The van der Waals surface area contributed by atoms with E-state index >= 15 is 0 Å². The van der Waals surface area contributed by atoms with Gasteiger partial charge in [0.15, 0.2) is 11.5 Å². The fourth-order valence-corrected chi connectivity index (χ4v) is 1.74. The summed E-state index contributed by atoms with van der Waals surface area (Å²) in [6, 6.07) is 12.0. The highest BCUT2D eigenvalue weighted by atomic mass is 16.5. The fourth-order valence-electron chi connectivity index (χ4n) is 1.74. The normalized spacial score (nSPS) is 9.50. The average molecular weight is 266 g/mol. The fraction of sp³-hybridized carbons (Fsp3) is 0.118. The second-order valence-electron chi connectivity index (χ2n) is 4.34. The summed E-state index contributed by atoms with van der Waals surface area (Å²) in [7, 11) is 1.46. The van der Waals surface area contributed by atoms with Crippen molar-refractivity contribution in [3.8, 4) is 23.3 Å². The number of aryl methyl sites for hydroxylation is 1. The number of hydrogen-bond acceptors (Lipinski definition) is 3. The van der Waals surface area contributed by atoms with Crippen LogP contribution in [0.4, 0.5) is 0 Å². The third-order valence-corrected chi connectivity index (χ3v) is 2.78. The van der Waals surface area contributed by atoms with E-state index < -0.39 is 0 Å². The van der Waals surface area contributed by atoms with Crippen molar-refractivity contribution in [3.05, 3.63) is 59.2 Å². The molecule has 0 spiro atoms. The molecule has 0 aliphatic heterocycles. The molecule has 0 radical (unpaired) electrons. The minimum atomic E-state index is -0.235. The Labute approximate surface area is 117 Å². The molecule has 0 fully saturated rings. The minimum absolute atomic E-state index is 0.0445. The first-order valence-corrected chi connectivity index (χ1v) is 6.10. The number of carbonyl (C=O) groups excluding carboxylic acids is 1. The predicted molar refractivity (Wildman–Crippen MR) is 77.0 cm³/mol. The highest BCUT2D eigenvalue weighted by molar-refractivity contribution is 6.09. The Morgan fingerprint density at radius 2 is 2.00 bits per heavy atom. The molecule has 0 aliphatic rings. The lowest BCUT2D eigenvalue weighted by Gasteiger charge is -2.02. The van der Waals surface area contributed by atoms with Crippen LogP contribution in [0.5, 0.6) is 11.5 Å². The van der Waals surface area contributed by atoms with Gasteiger partial charge in [-0.3, -0.25) is 4.79 Å². The molecular weight excluding hydrogens is 252 g/mol. The first-order valence-electron chi connectivity index (χ1n) is 6.10. The van der Waals surface area contributed by atoms with E-state index in [9.17, 15) is 9.90 Å². The molecular formula is C17H14O3.